The summed E-state index contributed by atoms with van der Waals surface area (Å²) < 4.78 is 13.9. The number of aryl methyl sites for hydroxylation is 1. The fraction of sp³-hybridized carbons (Fsp3) is 0.500. The number of likely N-dealkylation sites (tertiary alicyclic amines) is 2. The van der Waals surface area contributed by atoms with Crippen LogP contribution in [0.15, 0.2) is 24.3 Å². The molecule has 1 atom stereocenters. The van der Waals surface area contributed by atoms with Gasteiger partial charge in [0.15, 0.2) is 0 Å². The number of nitrogens with zero attached hydrogens (tertiary/aromatic N) is 3. The molecule has 0 aliphatic carbocycles. The van der Waals surface area contributed by atoms with Crippen LogP contribution in [-0.4, -0.2) is 51.8 Å². The number of hydrogen-bond acceptors (Lipinski definition) is 3. The average molecular weight is 383 g/mol. The summed E-state index contributed by atoms with van der Waals surface area (Å²) in [5.41, 5.74) is 0.990. The number of rotatable bonds is 3. The van der Waals surface area contributed by atoms with Crippen molar-refractivity contribution in [2.75, 3.05) is 19.6 Å². The van der Waals surface area contributed by atoms with Crippen LogP contribution in [0.3, 0.4) is 0 Å². The van der Waals surface area contributed by atoms with Crippen molar-refractivity contribution in [2.45, 2.75) is 51.5 Å². The van der Waals surface area contributed by atoms with E-state index in [4.69, 9.17) is 0 Å². The normalized spacial score (nSPS) is 22.5. The molecular weight excluding hydrogens is 357 g/mol. The van der Waals surface area contributed by atoms with Crippen LogP contribution in [0.25, 0.3) is 10.9 Å². The lowest BCUT2D eigenvalue weighted by Crippen LogP contribution is -2.61. The highest BCUT2D eigenvalue weighted by atomic mass is 19.1. The smallest absolute Gasteiger partial charge is 0.255 e. The van der Waals surface area contributed by atoms with Crippen molar-refractivity contribution in [1.82, 2.24) is 14.8 Å². The van der Waals surface area contributed by atoms with Crippen LogP contribution < -0.4 is 0 Å². The summed E-state index contributed by atoms with van der Waals surface area (Å²) in [6.07, 6.45) is 4.03. The monoisotopic (exact) mass is 383 g/mol. The van der Waals surface area contributed by atoms with Crippen molar-refractivity contribution < 1.29 is 14.0 Å². The molecule has 2 fully saturated rings. The fourth-order valence-corrected chi connectivity index (χ4v) is 4.86. The number of aromatic nitrogens is 1. The summed E-state index contributed by atoms with van der Waals surface area (Å²) in [6.45, 7) is 5.94. The van der Waals surface area contributed by atoms with Gasteiger partial charge >= 0.3 is 0 Å². The Morgan fingerprint density at radius 2 is 1.96 bits per heavy atom. The molecule has 2 aliphatic heterocycles. The van der Waals surface area contributed by atoms with Crippen molar-refractivity contribution in [3.8, 4) is 0 Å². The van der Waals surface area contributed by atoms with E-state index in [9.17, 15) is 14.0 Å². The lowest BCUT2D eigenvalue weighted by atomic mass is 9.84. The highest BCUT2D eigenvalue weighted by Gasteiger charge is 2.52. The zero-order valence-corrected chi connectivity index (χ0v) is 16.5. The number of amides is 2. The van der Waals surface area contributed by atoms with Crippen LogP contribution in [0.4, 0.5) is 4.39 Å². The standard InChI is InChI=1S/C22H26FN3O2/c1-3-10-25-11-4-8-22(21(25)28)9-5-12-26(22)20(27)18-13-15(2)24-19-7-6-16(23)14-17(18)19/h6-7,13-14H,3-5,8-12H2,1-2H3. The maximum absolute atomic E-state index is 13.9. The predicted octanol–water partition coefficient (Wildman–Crippen LogP) is 3.69. The Labute approximate surface area is 164 Å². The van der Waals surface area contributed by atoms with E-state index in [1.54, 1.807) is 17.0 Å². The first kappa shape index (κ1) is 18.8. The number of halogens is 1. The van der Waals surface area contributed by atoms with E-state index in [-0.39, 0.29) is 11.8 Å². The first-order valence-electron chi connectivity index (χ1n) is 10.1. The Bertz CT molecular complexity index is 943. The summed E-state index contributed by atoms with van der Waals surface area (Å²) in [6, 6.07) is 6.04. The molecule has 2 amide bonds. The SMILES string of the molecule is CCCN1CCCC2(CCCN2C(=O)c2cc(C)nc3ccc(F)cc23)C1=O. The first-order chi connectivity index (χ1) is 13.5. The number of fused-ring (bicyclic) bond motifs is 1. The number of hydrogen-bond donors (Lipinski definition) is 0. The van der Waals surface area contributed by atoms with Gasteiger partial charge in [-0.1, -0.05) is 6.92 Å². The minimum Gasteiger partial charge on any atom is -0.341 e. The van der Waals surface area contributed by atoms with Gasteiger partial charge in [-0.25, -0.2) is 4.39 Å². The Balaban J connectivity index is 1.77. The largest absolute Gasteiger partial charge is 0.341 e. The molecule has 0 radical (unpaired) electrons. The molecule has 2 aliphatic rings. The van der Waals surface area contributed by atoms with Gasteiger partial charge in [-0.3, -0.25) is 14.6 Å². The minimum absolute atomic E-state index is 0.0766. The van der Waals surface area contributed by atoms with Crippen LogP contribution in [0, 0.1) is 12.7 Å². The highest BCUT2D eigenvalue weighted by molar-refractivity contribution is 6.08. The van der Waals surface area contributed by atoms with E-state index in [0.717, 1.165) is 32.4 Å². The van der Waals surface area contributed by atoms with Crippen LogP contribution >= 0.6 is 0 Å². The molecule has 0 bridgehead atoms. The molecule has 2 aromatic rings. The Morgan fingerprint density at radius 3 is 2.71 bits per heavy atom. The van der Waals surface area contributed by atoms with Crippen LogP contribution in [-0.2, 0) is 4.79 Å². The third-order valence-corrected chi connectivity index (χ3v) is 6.06. The second-order valence-corrected chi connectivity index (χ2v) is 7.96. The molecule has 3 heterocycles. The van der Waals surface area contributed by atoms with E-state index in [1.165, 1.54) is 12.1 Å². The molecule has 2 saturated heterocycles. The van der Waals surface area contributed by atoms with Crippen molar-refractivity contribution in [3.05, 3.63) is 41.3 Å². The number of benzene rings is 1. The molecule has 6 heteroatoms. The first-order valence-corrected chi connectivity index (χ1v) is 10.1. The van der Waals surface area contributed by atoms with Gasteiger partial charge < -0.3 is 9.80 Å². The summed E-state index contributed by atoms with van der Waals surface area (Å²) in [5, 5.41) is 0.506. The van der Waals surface area contributed by atoms with Crippen molar-refractivity contribution >= 4 is 22.7 Å². The molecule has 4 rings (SSSR count). The average Bonchev–Trinajstić information content (AvgIpc) is 3.09. The fourth-order valence-electron chi connectivity index (χ4n) is 4.86. The number of piperidine rings is 1. The molecule has 0 N–H and O–H groups in total. The predicted molar refractivity (Wildman–Crippen MR) is 106 cm³/mol. The van der Waals surface area contributed by atoms with Gasteiger partial charge in [0.05, 0.1) is 11.1 Å². The van der Waals surface area contributed by atoms with Crippen molar-refractivity contribution in [3.63, 3.8) is 0 Å². The molecule has 1 aromatic heterocycles. The zero-order chi connectivity index (χ0) is 19.9. The number of carbonyl (C=O) groups is 2. The molecular formula is C22H26FN3O2. The second kappa shape index (κ2) is 7.15. The van der Waals surface area contributed by atoms with Gasteiger partial charge in [-0.05, 0) is 63.3 Å². The van der Waals surface area contributed by atoms with Crippen molar-refractivity contribution in [1.29, 1.82) is 0 Å². The second-order valence-electron chi connectivity index (χ2n) is 7.96. The Morgan fingerprint density at radius 1 is 1.21 bits per heavy atom. The number of pyridine rings is 1. The molecule has 0 saturated carbocycles. The third-order valence-electron chi connectivity index (χ3n) is 6.06. The van der Waals surface area contributed by atoms with Crippen molar-refractivity contribution in [2.24, 2.45) is 0 Å². The van der Waals surface area contributed by atoms with E-state index in [0.29, 0.717) is 41.5 Å². The molecule has 28 heavy (non-hydrogen) atoms. The van der Waals surface area contributed by atoms with E-state index in [1.807, 2.05) is 11.8 Å². The molecule has 1 unspecified atom stereocenters. The molecule has 5 nitrogen and oxygen atoms in total. The third kappa shape index (κ3) is 2.95. The summed E-state index contributed by atoms with van der Waals surface area (Å²) >= 11 is 0. The lowest BCUT2D eigenvalue weighted by Gasteiger charge is -2.44. The van der Waals surface area contributed by atoms with E-state index < -0.39 is 11.4 Å². The highest BCUT2D eigenvalue weighted by Crippen LogP contribution is 2.39. The molecule has 1 aromatic carbocycles. The van der Waals surface area contributed by atoms with Gasteiger partial charge in [0.25, 0.3) is 5.91 Å². The van der Waals surface area contributed by atoms with Crippen LogP contribution in [0.1, 0.15) is 55.1 Å². The van der Waals surface area contributed by atoms with Crippen LogP contribution in [0.2, 0.25) is 0 Å². The lowest BCUT2D eigenvalue weighted by molar-refractivity contribution is -0.145. The summed E-state index contributed by atoms with van der Waals surface area (Å²) in [5.74, 6) is -0.510. The Hall–Kier alpha value is -2.50. The molecule has 1 spiro atoms. The number of carbonyl (C=O) groups excluding carboxylic acids is 2. The Kier molecular flexibility index (Phi) is 4.81. The topological polar surface area (TPSA) is 53.5 Å². The van der Waals surface area contributed by atoms with Gasteiger partial charge in [-0.15, -0.1) is 0 Å². The van der Waals surface area contributed by atoms with Gasteiger partial charge in [0.2, 0.25) is 5.91 Å². The summed E-state index contributed by atoms with van der Waals surface area (Å²) in [7, 11) is 0. The van der Waals surface area contributed by atoms with Gasteiger partial charge in [0, 0.05) is 30.7 Å². The maximum atomic E-state index is 13.9. The zero-order valence-electron chi connectivity index (χ0n) is 16.5. The summed E-state index contributed by atoms with van der Waals surface area (Å²) in [4.78, 5) is 35.0. The molecule has 148 valence electrons. The van der Waals surface area contributed by atoms with E-state index in [2.05, 4.69) is 11.9 Å². The van der Waals surface area contributed by atoms with Gasteiger partial charge in [0.1, 0.15) is 11.4 Å². The quantitative estimate of drug-likeness (QED) is 0.812. The minimum atomic E-state index is -0.749. The van der Waals surface area contributed by atoms with E-state index >= 15 is 0 Å². The maximum Gasteiger partial charge on any atom is 0.255 e. The van der Waals surface area contributed by atoms with Crippen LogP contribution in [0.5, 0.6) is 0 Å². The van der Waals surface area contributed by atoms with Gasteiger partial charge in [-0.2, -0.15) is 0 Å².